The summed E-state index contributed by atoms with van der Waals surface area (Å²) in [6.07, 6.45) is 7.52. The molecule has 1 unspecified atom stereocenters. The Morgan fingerprint density at radius 3 is 1.61 bits per heavy atom. The van der Waals surface area contributed by atoms with E-state index >= 15 is 0 Å². The second-order valence-electron chi connectivity index (χ2n) is 12.6. The van der Waals surface area contributed by atoms with Crippen molar-refractivity contribution in [1.29, 1.82) is 0 Å². The van der Waals surface area contributed by atoms with Crippen LogP contribution in [0.1, 0.15) is 94.2 Å². The summed E-state index contributed by atoms with van der Waals surface area (Å²) in [5.74, 6) is 0.696. The summed E-state index contributed by atoms with van der Waals surface area (Å²) in [5.41, 5.74) is 11.1. The Morgan fingerprint density at radius 1 is 0.778 bits per heavy atom. The Balaban J connectivity index is 0.00000228. The first kappa shape index (κ1) is 31.8. The van der Waals surface area contributed by atoms with Crippen molar-refractivity contribution in [2.24, 2.45) is 5.92 Å². The summed E-state index contributed by atoms with van der Waals surface area (Å²) in [6.45, 7) is 24.3. The van der Waals surface area contributed by atoms with E-state index in [1.807, 2.05) is 3.33 Å². The Hall–Kier alpha value is -0.413. The first-order valence-electron chi connectivity index (χ1n) is 13.3. The average molecular weight is 706 g/mol. The molecule has 0 bridgehead atoms. The van der Waals surface area contributed by atoms with E-state index in [-0.39, 0.29) is 41.1 Å². The largest absolute Gasteiger partial charge is 1.00 e. The van der Waals surface area contributed by atoms with Crippen LogP contribution in [0.25, 0.3) is 11.1 Å². The predicted octanol–water partition coefficient (Wildman–Crippen LogP) is 3.49. The van der Waals surface area contributed by atoms with Gasteiger partial charge < -0.3 is 24.8 Å². The molecule has 36 heavy (non-hydrogen) atoms. The fraction of sp³-hybridized carbons (Fsp3) is 0.500. The topological polar surface area (TPSA) is 0 Å². The van der Waals surface area contributed by atoms with Gasteiger partial charge in [0, 0.05) is 0 Å². The standard InChI is InChI=1S/C21H25.C9H13.C2H6Si.2ClH.Hf/c1-20(2,3)16-7-9-18-14(12-16)11-15-13-17(21(4,5)6)8-10-19(15)18;1-3-8-5-6-9(4-2)7-8;1-3-2;;;/h7-13H,1-6H3;5-6,8H,3-4H2,1-2H3;1-2H3;2*1H;/q;;;;;+2/p-2. The van der Waals surface area contributed by atoms with Crippen LogP contribution in [-0.2, 0) is 30.9 Å². The van der Waals surface area contributed by atoms with E-state index < -0.39 is 20.1 Å². The molecule has 4 heteroatoms. The van der Waals surface area contributed by atoms with Crippen LogP contribution in [0, 0.1) is 5.92 Å². The quantitative estimate of drug-likeness (QED) is 0.428. The van der Waals surface area contributed by atoms with Gasteiger partial charge in [-0.1, -0.05) is 0 Å². The second-order valence-corrected chi connectivity index (χ2v) is 36.8. The molecule has 0 saturated heterocycles. The van der Waals surface area contributed by atoms with Gasteiger partial charge in [-0.05, 0) is 0 Å². The molecule has 2 aromatic rings. The summed E-state index contributed by atoms with van der Waals surface area (Å²) >= 11 is -2.27. The minimum absolute atomic E-state index is 0. The molecule has 0 spiro atoms. The van der Waals surface area contributed by atoms with Gasteiger partial charge in [-0.15, -0.1) is 0 Å². The van der Waals surface area contributed by atoms with Gasteiger partial charge in [0.05, 0.1) is 0 Å². The van der Waals surface area contributed by atoms with Gasteiger partial charge in [-0.2, -0.15) is 0 Å². The van der Waals surface area contributed by atoms with Crippen LogP contribution in [0.3, 0.4) is 0 Å². The zero-order chi connectivity index (χ0) is 25.0. The van der Waals surface area contributed by atoms with Crippen LogP contribution in [-0.4, -0.2) is 5.49 Å². The third-order valence-corrected chi connectivity index (χ3v) is 34.1. The van der Waals surface area contributed by atoms with Crippen molar-refractivity contribution in [3.05, 3.63) is 79.7 Å². The zero-order valence-corrected chi connectivity index (χ0v) is 30.0. The van der Waals surface area contributed by atoms with E-state index in [0.29, 0.717) is 9.59 Å². The van der Waals surface area contributed by atoms with Gasteiger partial charge in [0.1, 0.15) is 0 Å². The number of allylic oxidation sites excluding steroid dienone is 4. The molecular formula is C32H44Cl2HfSi. The molecule has 0 nitrogen and oxygen atoms in total. The van der Waals surface area contributed by atoms with Crippen molar-refractivity contribution in [1.82, 2.24) is 0 Å². The van der Waals surface area contributed by atoms with Gasteiger partial charge in [0.25, 0.3) is 0 Å². The fourth-order valence-electron chi connectivity index (χ4n) is 5.90. The molecule has 0 radical (unpaired) electrons. The molecule has 4 rings (SSSR count). The van der Waals surface area contributed by atoms with Crippen molar-refractivity contribution >= 4 is 5.49 Å². The fourth-order valence-corrected chi connectivity index (χ4v) is 34.2. The predicted molar refractivity (Wildman–Crippen MR) is 149 cm³/mol. The molecule has 0 amide bonds. The van der Waals surface area contributed by atoms with Crippen molar-refractivity contribution in [3.63, 3.8) is 0 Å². The van der Waals surface area contributed by atoms with Gasteiger partial charge in [0.2, 0.25) is 0 Å². The van der Waals surface area contributed by atoms with E-state index in [2.05, 4.69) is 117 Å². The first-order chi connectivity index (χ1) is 15.9. The molecule has 0 fully saturated rings. The van der Waals surface area contributed by atoms with Crippen molar-refractivity contribution in [2.75, 3.05) is 0 Å². The minimum Gasteiger partial charge on any atom is -1.00 e. The molecule has 2 aromatic carbocycles. The summed E-state index contributed by atoms with van der Waals surface area (Å²) in [4.78, 5) is 0. The Bertz CT molecular complexity index is 1150. The number of fused-ring (bicyclic) bond motifs is 3. The van der Waals surface area contributed by atoms with E-state index in [0.717, 1.165) is 0 Å². The van der Waals surface area contributed by atoms with Crippen LogP contribution in [0.5, 0.6) is 0 Å². The maximum absolute atomic E-state index is 2.65. The molecule has 0 heterocycles. The van der Waals surface area contributed by atoms with Crippen LogP contribution in [0.4, 0.5) is 0 Å². The average Bonchev–Trinajstić information content (AvgIpc) is 3.31. The first-order valence-corrected chi connectivity index (χ1v) is 25.0. The molecular weight excluding hydrogens is 662 g/mol. The number of benzene rings is 2. The molecule has 0 aliphatic heterocycles. The maximum Gasteiger partial charge on any atom is -1.00 e. The number of rotatable bonds is 4. The molecule has 194 valence electrons. The number of hydrogen-bond acceptors (Lipinski definition) is 0. The smallest absolute Gasteiger partial charge is 1.00 e. The monoisotopic (exact) mass is 706 g/mol. The molecule has 0 aromatic heterocycles. The van der Waals surface area contributed by atoms with Gasteiger partial charge in [0.15, 0.2) is 0 Å². The molecule has 2 aliphatic carbocycles. The van der Waals surface area contributed by atoms with E-state index in [9.17, 15) is 0 Å². The van der Waals surface area contributed by atoms with Crippen molar-refractivity contribution in [2.45, 2.75) is 95.8 Å². The number of halogens is 2. The Labute approximate surface area is 241 Å². The molecule has 0 N–H and O–H groups in total. The summed E-state index contributed by atoms with van der Waals surface area (Å²) in [5, 5.41) is 0. The van der Waals surface area contributed by atoms with Crippen LogP contribution < -0.4 is 24.8 Å². The van der Waals surface area contributed by atoms with Gasteiger partial charge in [-0.25, -0.2) is 0 Å². The van der Waals surface area contributed by atoms with E-state index in [4.69, 9.17) is 0 Å². The van der Waals surface area contributed by atoms with Crippen molar-refractivity contribution < 1.29 is 44.9 Å². The van der Waals surface area contributed by atoms with E-state index in [1.54, 1.807) is 16.7 Å². The Kier molecular flexibility index (Phi) is 10.4. The molecule has 0 saturated carbocycles. The zero-order valence-electron chi connectivity index (χ0n) is 23.9. The summed E-state index contributed by atoms with van der Waals surface area (Å²) in [7, 11) is 0. The van der Waals surface area contributed by atoms with Crippen LogP contribution in [0.2, 0.25) is 13.1 Å². The summed E-state index contributed by atoms with van der Waals surface area (Å²) in [6, 6.07) is 15.0. The van der Waals surface area contributed by atoms with Crippen molar-refractivity contribution in [3.8, 4) is 11.1 Å². The number of hydrogen-bond donors (Lipinski definition) is 0. The normalized spacial score (nSPS) is 16.6. The molecule has 2 aliphatic rings. The Morgan fingerprint density at radius 2 is 1.25 bits per heavy atom. The minimum atomic E-state index is -2.27. The third kappa shape index (κ3) is 5.78. The van der Waals surface area contributed by atoms with Crippen LogP contribution in [0.15, 0.2) is 57.5 Å². The van der Waals surface area contributed by atoms with E-state index in [1.165, 1.54) is 35.1 Å². The molecule has 1 atom stereocenters. The van der Waals surface area contributed by atoms with Gasteiger partial charge in [-0.3, -0.25) is 0 Å². The second kappa shape index (κ2) is 11.8. The summed E-state index contributed by atoms with van der Waals surface area (Å²) < 4.78 is 2.65. The SMILES string of the molecule is CCC1=[C]([Hf+2]([CH]2c3cc(C(C)(C)C)ccc3-c3ccc(C(C)(C)C)cc32)=[Si](C)C)C(CC)C=C1.[Cl-].[Cl-]. The van der Waals surface area contributed by atoms with Crippen LogP contribution >= 0.6 is 0 Å². The maximum atomic E-state index is 2.65. The van der Waals surface area contributed by atoms with Gasteiger partial charge >= 0.3 is 218 Å². The third-order valence-electron chi connectivity index (χ3n) is 7.93.